The van der Waals surface area contributed by atoms with Crippen molar-refractivity contribution in [2.75, 3.05) is 0 Å². The molecule has 2 aromatic rings. The van der Waals surface area contributed by atoms with E-state index in [-0.39, 0.29) is 0 Å². The molecule has 1 aromatic carbocycles. The van der Waals surface area contributed by atoms with E-state index in [2.05, 4.69) is 4.98 Å². The molecule has 0 saturated carbocycles. The minimum atomic E-state index is -0.802. The molecule has 0 spiro atoms. The summed E-state index contributed by atoms with van der Waals surface area (Å²) in [5, 5.41) is 0. The number of rotatable bonds is 1. The molecule has 0 saturated heterocycles. The van der Waals surface area contributed by atoms with Crippen molar-refractivity contribution in [2.45, 2.75) is 0 Å². The summed E-state index contributed by atoms with van der Waals surface area (Å²) in [7, 11) is 1.95. The molecule has 0 aliphatic rings. The summed E-state index contributed by atoms with van der Waals surface area (Å²) in [5.41, 5.74) is 2.11. The fourth-order valence-corrected chi connectivity index (χ4v) is 1.36. The first-order valence-electron chi connectivity index (χ1n) is 4.56. The minimum Gasteiger partial charge on any atom is -0.190 e. The lowest BCUT2D eigenvalue weighted by molar-refractivity contribution is 0.515. The first-order chi connectivity index (χ1) is 7.16. The van der Waals surface area contributed by atoms with Gasteiger partial charge in [0.05, 0.1) is 0 Å². The molecule has 15 heavy (non-hydrogen) atoms. The van der Waals surface area contributed by atoms with Crippen LogP contribution in [0.4, 0.5) is 8.78 Å². The van der Waals surface area contributed by atoms with Crippen molar-refractivity contribution >= 4 is 13.3 Å². The van der Waals surface area contributed by atoms with E-state index in [1.54, 1.807) is 12.1 Å². The van der Waals surface area contributed by atoms with Crippen molar-refractivity contribution in [1.82, 2.24) is 4.98 Å². The molecule has 0 N–H and O–H groups in total. The Kier molecular flexibility index (Phi) is 2.50. The maximum atomic E-state index is 13.3. The first kappa shape index (κ1) is 9.83. The van der Waals surface area contributed by atoms with Gasteiger partial charge in [0.2, 0.25) is 11.9 Å². The van der Waals surface area contributed by atoms with Crippen molar-refractivity contribution in [3.8, 4) is 11.1 Å². The van der Waals surface area contributed by atoms with Crippen LogP contribution in [0.1, 0.15) is 0 Å². The van der Waals surface area contributed by atoms with Crippen LogP contribution >= 0.6 is 0 Å². The predicted octanol–water partition coefficient (Wildman–Crippen LogP) is 1.29. The molecular weight excluding hydrogens is 195 g/mol. The predicted molar refractivity (Wildman–Crippen MR) is 57.8 cm³/mol. The topological polar surface area (TPSA) is 12.9 Å². The standard InChI is InChI=1S/C11H8BF2N/c12-8-3-1-7(2-4-8)9-5-6-10(13)15-11(9)14/h1-6H,12H2. The number of aromatic nitrogens is 1. The number of nitrogens with zero attached hydrogens (tertiary/aromatic N) is 1. The Morgan fingerprint density at radius 3 is 2.20 bits per heavy atom. The Bertz CT molecular complexity index is 482. The molecule has 1 nitrogen and oxygen atoms in total. The van der Waals surface area contributed by atoms with Gasteiger partial charge in [0, 0.05) is 5.56 Å². The zero-order valence-electron chi connectivity index (χ0n) is 8.17. The van der Waals surface area contributed by atoms with Crippen molar-refractivity contribution in [2.24, 2.45) is 0 Å². The van der Waals surface area contributed by atoms with Crippen LogP contribution in [0.25, 0.3) is 11.1 Å². The minimum absolute atomic E-state index is 0.316. The second kappa shape index (κ2) is 3.81. The maximum Gasteiger partial charge on any atom is 0.223 e. The van der Waals surface area contributed by atoms with Crippen molar-refractivity contribution in [1.29, 1.82) is 0 Å². The molecule has 4 heteroatoms. The Morgan fingerprint density at radius 1 is 0.933 bits per heavy atom. The van der Waals surface area contributed by atoms with Crippen LogP contribution < -0.4 is 5.46 Å². The highest BCUT2D eigenvalue weighted by Crippen LogP contribution is 2.20. The Balaban J connectivity index is 2.49. The first-order valence-corrected chi connectivity index (χ1v) is 4.56. The van der Waals surface area contributed by atoms with Crippen molar-refractivity contribution < 1.29 is 8.78 Å². The molecule has 0 bridgehead atoms. The van der Waals surface area contributed by atoms with Gasteiger partial charge in [0.25, 0.3) is 0 Å². The normalized spacial score (nSPS) is 10.3. The zero-order chi connectivity index (χ0) is 10.8. The van der Waals surface area contributed by atoms with E-state index in [1.165, 1.54) is 6.07 Å². The van der Waals surface area contributed by atoms with Crippen LogP contribution in [0.5, 0.6) is 0 Å². The number of hydrogen-bond acceptors (Lipinski definition) is 1. The molecule has 0 fully saturated rings. The maximum absolute atomic E-state index is 13.3. The fourth-order valence-electron chi connectivity index (χ4n) is 1.36. The lowest BCUT2D eigenvalue weighted by atomic mass is 9.94. The number of hydrogen-bond donors (Lipinski definition) is 0. The number of halogens is 2. The van der Waals surface area contributed by atoms with E-state index in [4.69, 9.17) is 0 Å². The van der Waals surface area contributed by atoms with Gasteiger partial charge in [-0.2, -0.15) is 13.8 Å². The molecule has 0 radical (unpaired) electrons. The van der Waals surface area contributed by atoms with Gasteiger partial charge in [-0.3, -0.25) is 0 Å². The van der Waals surface area contributed by atoms with Gasteiger partial charge in [0.1, 0.15) is 7.85 Å². The largest absolute Gasteiger partial charge is 0.223 e. The molecule has 0 aliphatic heterocycles. The van der Waals surface area contributed by atoms with Crippen LogP contribution in [-0.4, -0.2) is 12.8 Å². The average molecular weight is 203 g/mol. The summed E-state index contributed by atoms with van der Waals surface area (Å²) >= 11 is 0. The molecule has 0 unspecified atom stereocenters. The summed E-state index contributed by atoms with van der Waals surface area (Å²) in [6.45, 7) is 0. The molecule has 1 heterocycles. The molecule has 0 amide bonds. The van der Waals surface area contributed by atoms with Gasteiger partial charge in [-0.15, -0.1) is 0 Å². The van der Waals surface area contributed by atoms with Crippen LogP contribution in [0.15, 0.2) is 36.4 Å². The summed E-state index contributed by atoms with van der Waals surface area (Å²) < 4.78 is 25.9. The van der Waals surface area contributed by atoms with Crippen LogP contribution in [0, 0.1) is 11.9 Å². The highest BCUT2D eigenvalue weighted by Gasteiger charge is 2.06. The molecule has 74 valence electrons. The van der Waals surface area contributed by atoms with Gasteiger partial charge in [-0.05, 0) is 17.7 Å². The van der Waals surface area contributed by atoms with Crippen LogP contribution in [-0.2, 0) is 0 Å². The van der Waals surface area contributed by atoms with E-state index in [9.17, 15) is 8.78 Å². The van der Waals surface area contributed by atoms with Gasteiger partial charge < -0.3 is 0 Å². The second-order valence-corrected chi connectivity index (χ2v) is 3.34. The Labute approximate surface area is 87.2 Å². The molecule has 1 aromatic heterocycles. The number of pyridine rings is 1. The third-order valence-electron chi connectivity index (χ3n) is 2.18. The van der Waals surface area contributed by atoms with E-state index >= 15 is 0 Å². The summed E-state index contributed by atoms with van der Waals surface area (Å²) in [4.78, 5) is 3.14. The molecule has 2 rings (SSSR count). The highest BCUT2D eigenvalue weighted by molar-refractivity contribution is 6.32. The average Bonchev–Trinajstić information content (AvgIpc) is 2.20. The lowest BCUT2D eigenvalue weighted by Crippen LogP contribution is -2.00. The highest BCUT2D eigenvalue weighted by atomic mass is 19.1. The van der Waals surface area contributed by atoms with Gasteiger partial charge in [-0.1, -0.05) is 29.7 Å². The molecule has 0 atom stereocenters. The second-order valence-electron chi connectivity index (χ2n) is 3.34. The Hall–Kier alpha value is -1.71. The van der Waals surface area contributed by atoms with E-state index < -0.39 is 11.9 Å². The zero-order valence-corrected chi connectivity index (χ0v) is 8.17. The third kappa shape index (κ3) is 2.04. The number of benzene rings is 1. The summed E-state index contributed by atoms with van der Waals surface area (Å²) in [6, 6.07) is 9.86. The SMILES string of the molecule is Bc1ccc(-c2ccc(F)nc2F)cc1. The third-order valence-corrected chi connectivity index (χ3v) is 2.18. The monoisotopic (exact) mass is 203 g/mol. The smallest absolute Gasteiger partial charge is 0.190 e. The quantitative estimate of drug-likeness (QED) is 0.502. The molecule has 0 aliphatic carbocycles. The molecular formula is C11H8BF2N. The fraction of sp³-hybridized carbons (Fsp3) is 0. The van der Waals surface area contributed by atoms with Gasteiger partial charge >= 0.3 is 0 Å². The van der Waals surface area contributed by atoms with Crippen molar-refractivity contribution in [3.63, 3.8) is 0 Å². The van der Waals surface area contributed by atoms with E-state index in [0.29, 0.717) is 11.1 Å². The van der Waals surface area contributed by atoms with E-state index in [1.807, 2.05) is 20.0 Å². The van der Waals surface area contributed by atoms with Gasteiger partial charge in [0.15, 0.2) is 0 Å². The van der Waals surface area contributed by atoms with Crippen LogP contribution in [0.2, 0.25) is 0 Å². The van der Waals surface area contributed by atoms with Gasteiger partial charge in [-0.25, -0.2) is 0 Å². The Morgan fingerprint density at radius 2 is 1.60 bits per heavy atom. The van der Waals surface area contributed by atoms with Crippen LogP contribution in [0.3, 0.4) is 0 Å². The van der Waals surface area contributed by atoms with Crippen molar-refractivity contribution in [3.05, 3.63) is 48.3 Å². The van der Waals surface area contributed by atoms with E-state index in [0.717, 1.165) is 11.5 Å². The summed E-state index contributed by atoms with van der Waals surface area (Å²) in [5.74, 6) is -1.58. The summed E-state index contributed by atoms with van der Waals surface area (Å²) in [6.07, 6.45) is 0. The lowest BCUT2D eigenvalue weighted by Gasteiger charge is -2.02.